The molecule has 0 radical (unpaired) electrons. The number of Topliss-reactive ketones (excluding diaryl/α,β-unsaturated/α-hetero) is 1. The molecule has 2 N–H and O–H groups in total. The minimum Gasteiger partial charge on any atom is -0.491 e. The summed E-state index contributed by atoms with van der Waals surface area (Å²) in [5.41, 5.74) is 2.18. The fourth-order valence-corrected chi connectivity index (χ4v) is 2.38. The number of ether oxygens (including phenoxy) is 1. The standard InChI is InChI=1S/C16H23NO3/c1-11(2)17-9-14(19)10-20-16-5-3-4-12-8-13(18)6-7-15(12)16/h3-5,11,14,17,19H,6-10H2,1-2H3. The minimum absolute atomic E-state index is 0.268. The molecule has 0 saturated heterocycles. The second-order valence-corrected chi connectivity index (χ2v) is 5.64. The topological polar surface area (TPSA) is 58.6 Å². The predicted octanol–water partition coefficient (Wildman–Crippen LogP) is 1.48. The molecule has 4 nitrogen and oxygen atoms in total. The fraction of sp³-hybridized carbons (Fsp3) is 0.562. The number of carbonyl (C=O) groups is 1. The van der Waals surface area contributed by atoms with Crippen molar-refractivity contribution in [3.05, 3.63) is 29.3 Å². The Kier molecular flexibility index (Phi) is 5.15. The number of carbonyl (C=O) groups excluding carboxylic acids is 1. The van der Waals surface area contributed by atoms with Crippen LogP contribution in [0.2, 0.25) is 0 Å². The molecule has 0 amide bonds. The average molecular weight is 277 g/mol. The molecule has 0 aromatic heterocycles. The first-order valence-electron chi connectivity index (χ1n) is 7.23. The number of aliphatic hydroxyl groups excluding tert-OH is 1. The van der Waals surface area contributed by atoms with Gasteiger partial charge < -0.3 is 15.2 Å². The van der Waals surface area contributed by atoms with Gasteiger partial charge in [0.2, 0.25) is 0 Å². The zero-order valence-corrected chi connectivity index (χ0v) is 12.2. The van der Waals surface area contributed by atoms with Gasteiger partial charge in [-0.3, -0.25) is 4.79 Å². The SMILES string of the molecule is CC(C)NCC(O)COc1cccc2c1CCC(=O)C2. The molecule has 1 aromatic carbocycles. The zero-order chi connectivity index (χ0) is 14.5. The van der Waals surface area contributed by atoms with Crippen molar-refractivity contribution in [1.82, 2.24) is 5.32 Å². The lowest BCUT2D eigenvalue weighted by Crippen LogP contribution is -2.35. The van der Waals surface area contributed by atoms with Crippen LogP contribution in [0.4, 0.5) is 0 Å². The molecule has 2 rings (SSSR count). The van der Waals surface area contributed by atoms with E-state index in [-0.39, 0.29) is 12.4 Å². The maximum Gasteiger partial charge on any atom is 0.137 e. The Balaban J connectivity index is 1.93. The van der Waals surface area contributed by atoms with Crippen molar-refractivity contribution < 1.29 is 14.6 Å². The van der Waals surface area contributed by atoms with Gasteiger partial charge in [0.25, 0.3) is 0 Å². The van der Waals surface area contributed by atoms with Crippen molar-refractivity contribution in [2.24, 2.45) is 0 Å². The Morgan fingerprint density at radius 1 is 1.35 bits per heavy atom. The number of nitrogens with one attached hydrogen (secondary N) is 1. The lowest BCUT2D eigenvalue weighted by molar-refractivity contribution is -0.118. The van der Waals surface area contributed by atoms with Crippen LogP contribution >= 0.6 is 0 Å². The average Bonchev–Trinajstić information content (AvgIpc) is 2.42. The van der Waals surface area contributed by atoms with Gasteiger partial charge in [-0.2, -0.15) is 0 Å². The van der Waals surface area contributed by atoms with E-state index >= 15 is 0 Å². The maximum atomic E-state index is 11.5. The van der Waals surface area contributed by atoms with Crippen molar-refractivity contribution in [3.8, 4) is 5.75 Å². The summed E-state index contributed by atoms with van der Waals surface area (Å²) >= 11 is 0. The predicted molar refractivity (Wildman–Crippen MR) is 78.1 cm³/mol. The third kappa shape index (κ3) is 4.05. The summed E-state index contributed by atoms with van der Waals surface area (Å²) in [6, 6.07) is 6.15. The summed E-state index contributed by atoms with van der Waals surface area (Å²) < 4.78 is 5.73. The number of benzene rings is 1. The molecule has 1 aromatic rings. The monoisotopic (exact) mass is 277 g/mol. The molecule has 0 aliphatic heterocycles. The number of rotatable bonds is 6. The first-order chi connectivity index (χ1) is 9.56. The van der Waals surface area contributed by atoms with E-state index in [9.17, 15) is 9.90 Å². The maximum absolute atomic E-state index is 11.5. The second-order valence-electron chi connectivity index (χ2n) is 5.64. The van der Waals surface area contributed by atoms with Gasteiger partial charge in [-0.15, -0.1) is 0 Å². The van der Waals surface area contributed by atoms with E-state index in [0.29, 0.717) is 25.4 Å². The molecular weight excluding hydrogens is 254 g/mol. The Hall–Kier alpha value is -1.39. The van der Waals surface area contributed by atoms with E-state index in [0.717, 1.165) is 23.3 Å². The van der Waals surface area contributed by atoms with E-state index in [1.807, 2.05) is 32.0 Å². The van der Waals surface area contributed by atoms with Gasteiger partial charge in [0.1, 0.15) is 24.2 Å². The van der Waals surface area contributed by atoms with E-state index < -0.39 is 6.10 Å². The van der Waals surface area contributed by atoms with Crippen molar-refractivity contribution in [1.29, 1.82) is 0 Å². The summed E-state index contributed by atoms with van der Waals surface area (Å²) in [6.07, 6.45) is 1.30. The van der Waals surface area contributed by atoms with Gasteiger partial charge in [0.05, 0.1) is 0 Å². The summed E-state index contributed by atoms with van der Waals surface area (Å²) in [6.45, 7) is 4.87. The van der Waals surface area contributed by atoms with Crippen molar-refractivity contribution >= 4 is 5.78 Å². The van der Waals surface area contributed by atoms with Crippen LogP contribution in [0, 0.1) is 0 Å². The van der Waals surface area contributed by atoms with Crippen LogP contribution in [0.25, 0.3) is 0 Å². The highest BCUT2D eigenvalue weighted by molar-refractivity contribution is 5.83. The zero-order valence-electron chi connectivity index (χ0n) is 12.2. The first-order valence-corrected chi connectivity index (χ1v) is 7.23. The van der Waals surface area contributed by atoms with Crippen LogP contribution in [0.3, 0.4) is 0 Å². The molecule has 20 heavy (non-hydrogen) atoms. The van der Waals surface area contributed by atoms with E-state index in [1.54, 1.807) is 0 Å². The lowest BCUT2D eigenvalue weighted by atomic mass is 9.90. The van der Waals surface area contributed by atoms with E-state index in [4.69, 9.17) is 4.74 Å². The molecule has 1 unspecified atom stereocenters. The number of hydrogen-bond donors (Lipinski definition) is 2. The largest absolute Gasteiger partial charge is 0.491 e. The van der Waals surface area contributed by atoms with Crippen molar-refractivity contribution in [3.63, 3.8) is 0 Å². The van der Waals surface area contributed by atoms with Crippen LogP contribution < -0.4 is 10.1 Å². The molecule has 0 spiro atoms. The molecule has 1 aliphatic carbocycles. The van der Waals surface area contributed by atoms with Gasteiger partial charge in [-0.25, -0.2) is 0 Å². The summed E-state index contributed by atoms with van der Waals surface area (Å²) in [4.78, 5) is 11.5. The van der Waals surface area contributed by atoms with Crippen molar-refractivity contribution in [2.75, 3.05) is 13.2 Å². The van der Waals surface area contributed by atoms with Gasteiger partial charge in [-0.05, 0) is 23.6 Å². The Morgan fingerprint density at radius 2 is 2.15 bits per heavy atom. The van der Waals surface area contributed by atoms with E-state index in [1.165, 1.54) is 0 Å². The number of fused-ring (bicyclic) bond motifs is 1. The Morgan fingerprint density at radius 3 is 2.90 bits per heavy atom. The fourth-order valence-electron chi connectivity index (χ4n) is 2.38. The lowest BCUT2D eigenvalue weighted by Gasteiger charge is -2.20. The molecule has 110 valence electrons. The van der Waals surface area contributed by atoms with Crippen LogP contribution in [-0.2, 0) is 17.6 Å². The molecule has 0 bridgehead atoms. The third-order valence-electron chi connectivity index (χ3n) is 3.46. The minimum atomic E-state index is -0.529. The number of ketones is 1. The normalized spacial score (nSPS) is 16.1. The van der Waals surface area contributed by atoms with Crippen molar-refractivity contribution in [2.45, 2.75) is 45.3 Å². The summed E-state index contributed by atoms with van der Waals surface area (Å²) in [5.74, 6) is 1.09. The number of hydrogen-bond acceptors (Lipinski definition) is 4. The van der Waals surface area contributed by atoms with Gasteiger partial charge >= 0.3 is 0 Å². The van der Waals surface area contributed by atoms with Crippen LogP contribution in [-0.4, -0.2) is 36.2 Å². The second kappa shape index (κ2) is 6.86. The molecule has 0 heterocycles. The molecule has 1 aliphatic rings. The molecule has 1 atom stereocenters. The van der Waals surface area contributed by atoms with Crippen LogP contribution in [0.15, 0.2) is 18.2 Å². The van der Waals surface area contributed by atoms with Gasteiger partial charge in [-0.1, -0.05) is 26.0 Å². The number of aliphatic hydroxyl groups is 1. The highest BCUT2D eigenvalue weighted by atomic mass is 16.5. The first kappa shape index (κ1) is 15.0. The van der Waals surface area contributed by atoms with E-state index in [2.05, 4.69) is 5.32 Å². The summed E-state index contributed by atoms with van der Waals surface area (Å²) in [7, 11) is 0. The summed E-state index contributed by atoms with van der Waals surface area (Å²) in [5, 5.41) is 13.0. The smallest absolute Gasteiger partial charge is 0.137 e. The molecular formula is C16H23NO3. The molecule has 0 saturated carbocycles. The molecule has 4 heteroatoms. The van der Waals surface area contributed by atoms with Gasteiger partial charge in [0.15, 0.2) is 0 Å². The molecule has 0 fully saturated rings. The third-order valence-corrected chi connectivity index (χ3v) is 3.46. The Labute approximate surface area is 120 Å². The van der Waals surface area contributed by atoms with Crippen LogP contribution in [0.1, 0.15) is 31.4 Å². The quantitative estimate of drug-likeness (QED) is 0.827. The highest BCUT2D eigenvalue weighted by Gasteiger charge is 2.19. The highest BCUT2D eigenvalue weighted by Crippen LogP contribution is 2.28. The Bertz CT molecular complexity index is 471. The van der Waals surface area contributed by atoms with Gasteiger partial charge in [0, 0.05) is 25.4 Å². The van der Waals surface area contributed by atoms with Crippen LogP contribution in [0.5, 0.6) is 5.75 Å².